The highest BCUT2D eigenvalue weighted by Gasteiger charge is 2.38. The molecule has 0 unspecified atom stereocenters. The molecule has 0 aromatic heterocycles. The van der Waals surface area contributed by atoms with E-state index in [9.17, 15) is 9.59 Å². The maximum absolute atomic E-state index is 11.8. The molecule has 1 aliphatic heterocycles. The first-order valence-electron chi connectivity index (χ1n) is 6.71. The van der Waals surface area contributed by atoms with Crippen LogP contribution in [0.2, 0.25) is 0 Å². The van der Waals surface area contributed by atoms with Gasteiger partial charge in [-0.3, -0.25) is 9.59 Å². The van der Waals surface area contributed by atoms with Crippen LogP contribution in [0, 0.1) is 5.92 Å². The Morgan fingerprint density at radius 2 is 2.16 bits per heavy atom. The molecule has 1 aromatic carbocycles. The average Bonchev–Trinajstić information content (AvgIpc) is 3.18. The van der Waals surface area contributed by atoms with Gasteiger partial charge in [0.2, 0.25) is 11.8 Å². The van der Waals surface area contributed by atoms with E-state index in [0.717, 1.165) is 29.7 Å². The van der Waals surface area contributed by atoms with Gasteiger partial charge >= 0.3 is 0 Å². The van der Waals surface area contributed by atoms with Crippen molar-refractivity contribution in [3.05, 3.63) is 29.3 Å². The van der Waals surface area contributed by atoms with Crippen molar-refractivity contribution in [1.29, 1.82) is 0 Å². The van der Waals surface area contributed by atoms with Crippen LogP contribution < -0.4 is 10.6 Å². The quantitative estimate of drug-likeness (QED) is 0.870. The van der Waals surface area contributed by atoms with Gasteiger partial charge in [-0.1, -0.05) is 12.1 Å². The fraction of sp³-hybridized carbons (Fsp3) is 0.467. The van der Waals surface area contributed by atoms with Gasteiger partial charge in [0.05, 0.1) is 5.41 Å². The number of hydrogen-bond donors (Lipinski definition) is 2. The van der Waals surface area contributed by atoms with Crippen LogP contribution in [-0.2, 0) is 21.5 Å². The molecule has 2 amide bonds. The van der Waals surface area contributed by atoms with Crippen LogP contribution in [0.4, 0.5) is 5.69 Å². The van der Waals surface area contributed by atoms with Crippen LogP contribution in [0.1, 0.15) is 37.8 Å². The lowest BCUT2D eigenvalue weighted by Gasteiger charge is -2.16. The molecule has 1 fully saturated rings. The molecule has 3 rings (SSSR count). The molecule has 1 saturated carbocycles. The number of anilines is 1. The first-order valence-corrected chi connectivity index (χ1v) is 6.71. The van der Waals surface area contributed by atoms with Crippen molar-refractivity contribution < 1.29 is 9.59 Å². The van der Waals surface area contributed by atoms with Gasteiger partial charge in [-0.15, -0.1) is 0 Å². The minimum atomic E-state index is -0.494. The fourth-order valence-corrected chi connectivity index (χ4v) is 2.41. The first-order chi connectivity index (χ1) is 8.98. The largest absolute Gasteiger partial charge is 0.352 e. The van der Waals surface area contributed by atoms with Crippen LogP contribution in [0.5, 0.6) is 0 Å². The number of hydrogen-bond acceptors (Lipinski definition) is 2. The minimum Gasteiger partial charge on any atom is -0.352 e. The maximum Gasteiger partial charge on any atom is 0.234 e. The Labute approximate surface area is 112 Å². The molecule has 1 aliphatic carbocycles. The SMILES string of the molecule is CC1(C)C(=O)Nc2ccc(CNC(=O)C3CC3)cc21. The molecule has 4 nitrogen and oxygen atoms in total. The normalized spacial score (nSPS) is 19.8. The summed E-state index contributed by atoms with van der Waals surface area (Å²) in [5.41, 5.74) is 2.44. The first kappa shape index (κ1) is 12.2. The molecule has 0 bridgehead atoms. The van der Waals surface area contributed by atoms with Gasteiger partial charge in [0, 0.05) is 18.2 Å². The summed E-state index contributed by atoms with van der Waals surface area (Å²) < 4.78 is 0. The summed E-state index contributed by atoms with van der Waals surface area (Å²) >= 11 is 0. The van der Waals surface area contributed by atoms with Crippen LogP contribution in [0.25, 0.3) is 0 Å². The van der Waals surface area contributed by atoms with E-state index >= 15 is 0 Å². The standard InChI is InChI=1S/C15H18N2O2/c1-15(2)11-7-9(3-6-12(11)17-14(15)19)8-16-13(18)10-4-5-10/h3,6-7,10H,4-5,8H2,1-2H3,(H,16,18)(H,17,19). The number of carbonyl (C=O) groups excluding carboxylic acids is 2. The number of carbonyl (C=O) groups is 2. The van der Waals surface area contributed by atoms with Crippen LogP contribution in [0.3, 0.4) is 0 Å². The van der Waals surface area contributed by atoms with E-state index in [2.05, 4.69) is 10.6 Å². The Hall–Kier alpha value is -1.84. The summed E-state index contributed by atoms with van der Waals surface area (Å²) in [5.74, 6) is 0.407. The van der Waals surface area contributed by atoms with E-state index in [0.29, 0.717) is 6.54 Å². The molecule has 0 saturated heterocycles. The molecule has 0 radical (unpaired) electrons. The zero-order valence-corrected chi connectivity index (χ0v) is 11.2. The average molecular weight is 258 g/mol. The monoisotopic (exact) mass is 258 g/mol. The molecule has 2 aliphatic rings. The van der Waals surface area contributed by atoms with E-state index in [1.165, 1.54) is 0 Å². The lowest BCUT2D eigenvalue weighted by Crippen LogP contribution is -2.27. The molecule has 2 N–H and O–H groups in total. The summed E-state index contributed by atoms with van der Waals surface area (Å²) in [5, 5.41) is 5.83. The maximum atomic E-state index is 11.8. The summed E-state index contributed by atoms with van der Waals surface area (Å²) in [6, 6.07) is 5.88. The topological polar surface area (TPSA) is 58.2 Å². The molecular formula is C15H18N2O2. The van der Waals surface area contributed by atoms with Gasteiger partial charge in [0.1, 0.15) is 0 Å². The number of fused-ring (bicyclic) bond motifs is 1. The lowest BCUT2D eigenvalue weighted by molar-refractivity contribution is -0.122. The van der Waals surface area contributed by atoms with Crippen molar-refractivity contribution in [2.45, 2.75) is 38.6 Å². The fourth-order valence-electron chi connectivity index (χ4n) is 2.41. The third-order valence-electron chi connectivity index (χ3n) is 3.99. The van der Waals surface area contributed by atoms with Crippen LogP contribution in [-0.4, -0.2) is 11.8 Å². The Bertz CT molecular complexity index is 559. The Balaban J connectivity index is 1.76. The number of benzene rings is 1. The molecule has 0 atom stereocenters. The number of nitrogens with one attached hydrogen (secondary N) is 2. The van der Waals surface area contributed by atoms with Crippen molar-refractivity contribution in [3.8, 4) is 0 Å². The third-order valence-corrected chi connectivity index (χ3v) is 3.99. The Kier molecular flexibility index (Phi) is 2.62. The molecule has 1 heterocycles. The van der Waals surface area contributed by atoms with Crippen molar-refractivity contribution in [1.82, 2.24) is 5.32 Å². The highest BCUT2D eigenvalue weighted by atomic mass is 16.2. The predicted octanol–water partition coefficient (Wildman–Crippen LogP) is 1.94. The lowest BCUT2D eigenvalue weighted by atomic mass is 9.85. The van der Waals surface area contributed by atoms with Gasteiger partial charge < -0.3 is 10.6 Å². The molecule has 4 heteroatoms. The third kappa shape index (κ3) is 2.11. The van der Waals surface area contributed by atoms with E-state index < -0.39 is 5.41 Å². The second-order valence-electron chi connectivity index (χ2n) is 5.95. The molecule has 100 valence electrons. The predicted molar refractivity (Wildman–Crippen MR) is 72.7 cm³/mol. The van der Waals surface area contributed by atoms with Gasteiger partial charge in [0.25, 0.3) is 0 Å². The molecule has 0 spiro atoms. The van der Waals surface area contributed by atoms with Crippen molar-refractivity contribution >= 4 is 17.5 Å². The van der Waals surface area contributed by atoms with Crippen LogP contribution in [0.15, 0.2) is 18.2 Å². The van der Waals surface area contributed by atoms with Crippen molar-refractivity contribution in [2.24, 2.45) is 5.92 Å². The highest BCUT2D eigenvalue weighted by Crippen LogP contribution is 2.37. The molecule has 19 heavy (non-hydrogen) atoms. The number of amides is 2. The Morgan fingerprint density at radius 1 is 1.42 bits per heavy atom. The second kappa shape index (κ2) is 4.08. The van der Waals surface area contributed by atoms with Gasteiger partial charge in [-0.2, -0.15) is 0 Å². The summed E-state index contributed by atoms with van der Waals surface area (Å²) in [6.07, 6.45) is 2.03. The van der Waals surface area contributed by atoms with E-state index in [4.69, 9.17) is 0 Å². The summed E-state index contributed by atoms with van der Waals surface area (Å²) in [4.78, 5) is 23.5. The minimum absolute atomic E-state index is 0.0293. The van der Waals surface area contributed by atoms with E-state index in [1.54, 1.807) is 0 Å². The van der Waals surface area contributed by atoms with E-state index in [-0.39, 0.29) is 17.7 Å². The summed E-state index contributed by atoms with van der Waals surface area (Å²) in [7, 11) is 0. The highest BCUT2D eigenvalue weighted by molar-refractivity contribution is 6.05. The second-order valence-corrected chi connectivity index (χ2v) is 5.95. The molecular weight excluding hydrogens is 240 g/mol. The van der Waals surface area contributed by atoms with Gasteiger partial charge in [-0.05, 0) is 43.9 Å². The zero-order chi connectivity index (χ0) is 13.6. The van der Waals surface area contributed by atoms with E-state index in [1.807, 2.05) is 32.0 Å². The Morgan fingerprint density at radius 3 is 2.84 bits per heavy atom. The molecule has 1 aromatic rings. The van der Waals surface area contributed by atoms with Gasteiger partial charge in [0.15, 0.2) is 0 Å². The zero-order valence-electron chi connectivity index (χ0n) is 11.2. The van der Waals surface area contributed by atoms with Crippen molar-refractivity contribution in [3.63, 3.8) is 0 Å². The van der Waals surface area contributed by atoms with Crippen molar-refractivity contribution in [2.75, 3.05) is 5.32 Å². The number of rotatable bonds is 3. The van der Waals surface area contributed by atoms with Crippen LogP contribution >= 0.6 is 0 Å². The smallest absolute Gasteiger partial charge is 0.234 e. The van der Waals surface area contributed by atoms with Gasteiger partial charge in [-0.25, -0.2) is 0 Å². The summed E-state index contributed by atoms with van der Waals surface area (Å²) in [6.45, 7) is 4.37.